The Bertz CT molecular complexity index is 750. The number of hydrogen-bond acceptors (Lipinski definition) is 1. The van der Waals surface area contributed by atoms with E-state index < -0.39 is 0 Å². The van der Waals surface area contributed by atoms with Crippen molar-refractivity contribution in [2.24, 2.45) is 50.7 Å². The number of allylic oxidation sites excluding steroid dienone is 2. The molecule has 3 saturated carbocycles. The van der Waals surface area contributed by atoms with Crippen LogP contribution in [0.1, 0.15) is 127 Å². The summed E-state index contributed by atoms with van der Waals surface area (Å²) in [6.45, 7) is 22.7. The van der Waals surface area contributed by atoms with E-state index in [1.807, 2.05) is 0 Å². The van der Waals surface area contributed by atoms with Gasteiger partial charge < -0.3 is 5.11 Å². The maximum atomic E-state index is 10.9. The SMILES string of the molecule is CC1=CC[C@@H]2[C@@]3(C)CC[C@H](O)C(C)(C)[C@@H]3CC[C@@]2(C)[C@]1(C)CC[C@@]1(C)CC[C@@H](C)[C@H](C)C1. The highest BCUT2D eigenvalue weighted by molar-refractivity contribution is 5.26. The molecule has 3 fully saturated rings. The lowest BCUT2D eigenvalue weighted by Gasteiger charge is -2.68. The summed E-state index contributed by atoms with van der Waals surface area (Å²) in [7, 11) is 0. The predicted octanol–water partition coefficient (Wildman–Crippen LogP) is 8.81. The maximum absolute atomic E-state index is 10.9. The predicted molar refractivity (Wildman–Crippen MR) is 137 cm³/mol. The minimum absolute atomic E-state index is 0.0450. The molecule has 0 radical (unpaired) electrons. The van der Waals surface area contributed by atoms with Crippen molar-refractivity contribution < 1.29 is 5.11 Å². The minimum Gasteiger partial charge on any atom is -0.393 e. The molecule has 1 heteroatoms. The van der Waals surface area contributed by atoms with E-state index in [0.717, 1.165) is 24.2 Å². The normalized spacial score (nSPS) is 53.2. The van der Waals surface area contributed by atoms with E-state index in [1.165, 1.54) is 57.8 Å². The van der Waals surface area contributed by atoms with Crippen molar-refractivity contribution in [2.75, 3.05) is 0 Å². The number of rotatable bonds is 3. The molecule has 0 unspecified atom stereocenters. The molecule has 0 heterocycles. The van der Waals surface area contributed by atoms with Crippen LogP contribution in [0.3, 0.4) is 0 Å². The molecule has 0 aromatic carbocycles. The van der Waals surface area contributed by atoms with Crippen molar-refractivity contribution >= 4 is 0 Å². The van der Waals surface area contributed by atoms with Gasteiger partial charge >= 0.3 is 0 Å². The second kappa shape index (κ2) is 7.86. The zero-order valence-corrected chi connectivity index (χ0v) is 23.0. The van der Waals surface area contributed by atoms with Gasteiger partial charge in [-0.25, -0.2) is 0 Å². The van der Waals surface area contributed by atoms with Crippen LogP contribution in [0, 0.1) is 50.7 Å². The first-order valence-electron chi connectivity index (χ1n) is 14.0. The first-order chi connectivity index (χ1) is 14.7. The summed E-state index contributed by atoms with van der Waals surface area (Å²) in [5, 5.41) is 10.9. The highest BCUT2D eigenvalue weighted by Crippen LogP contribution is 2.72. The van der Waals surface area contributed by atoms with Gasteiger partial charge in [0, 0.05) is 0 Å². The zero-order chi connectivity index (χ0) is 23.7. The maximum Gasteiger partial charge on any atom is 0.0594 e. The Hall–Kier alpha value is -0.300. The largest absolute Gasteiger partial charge is 0.393 e. The molecule has 1 nitrogen and oxygen atoms in total. The second-order valence-corrected chi connectivity index (χ2v) is 14.9. The van der Waals surface area contributed by atoms with Crippen LogP contribution in [-0.2, 0) is 0 Å². The lowest BCUT2D eigenvalue weighted by Crippen LogP contribution is -2.62. The van der Waals surface area contributed by atoms with Crippen molar-refractivity contribution in [3.8, 4) is 0 Å². The van der Waals surface area contributed by atoms with Gasteiger partial charge in [-0.3, -0.25) is 0 Å². The highest BCUT2D eigenvalue weighted by atomic mass is 16.3. The van der Waals surface area contributed by atoms with Crippen LogP contribution >= 0.6 is 0 Å². The van der Waals surface area contributed by atoms with Gasteiger partial charge in [0.1, 0.15) is 0 Å². The summed E-state index contributed by atoms with van der Waals surface area (Å²) < 4.78 is 0. The van der Waals surface area contributed by atoms with Gasteiger partial charge in [0.15, 0.2) is 0 Å². The summed E-state index contributed by atoms with van der Waals surface area (Å²) in [6, 6.07) is 0. The van der Waals surface area contributed by atoms with Gasteiger partial charge in [0.05, 0.1) is 6.10 Å². The molecule has 0 bridgehead atoms. The summed E-state index contributed by atoms with van der Waals surface area (Å²) in [5.74, 6) is 3.16. The topological polar surface area (TPSA) is 20.2 Å². The number of hydrogen-bond donors (Lipinski definition) is 1. The Balaban J connectivity index is 1.62. The third-order valence-electron chi connectivity index (χ3n) is 13.0. The molecule has 32 heavy (non-hydrogen) atoms. The molecule has 0 aromatic rings. The fourth-order valence-electron chi connectivity index (χ4n) is 9.90. The van der Waals surface area contributed by atoms with Crippen molar-refractivity contribution in [2.45, 2.75) is 133 Å². The van der Waals surface area contributed by atoms with Crippen LogP contribution in [0.5, 0.6) is 0 Å². The lowest BCUT2D eigenvalue weighted by atomic mass is 9.36. The molecule has 4 rings (SSSR count). The molecule has 4 aliphatic rings. The van der Waals surface area contributed by atoms with Crippen molar-refractivity contribution in [3.05, 3.63) is 11.6 Å². The van der Waals surface area contributed by atoms with E-state index in [-0.39, 0.29) is 11.5 Å². The lowest BCUT2D eigenvalue weighted by molar-refractivity contribution is -0.195. The molecule has 4 aliphatic carbocycles. The molecular formula is C31H54O. The molecule has 0 spiro atoms. The quantitative estimate of drug-likeness (QED) is 0.433. The fourth-order valence-corrected chi connectivity index (χ4v) is 9.90. The molecule has 0 saturated heterocycles. The van der Waals surface area contributed by atoms with Gasteiger partial charge in [-0.15, -0.1) is 0 Å². The van der Waals surface area contributed by atoms with Gasteiger partial charge in [-0.2, -0.15) is 0 Å². The van der Waals surface area contributed by atoms with Crippen molar-refractivity contribution in [1.82, 2.24) is 0 Å². The standard InChI is InChI=1S/C31H54O/c1-21-12-15-28(6,20-22(21)2)18-19-30(8)23(3)10-11-25-29(7)16-14-26(32)27(4,5)24(29)13-17-31(25,30)9/h10,21-22,24-26,32H,11-20H2,1-9H3/t21-,22-,24+,25-,26+,28-,29+,30-,31-/m1/s1. The summed E-state index contributed by atoms with van der Waals surface area (Å²) >= 11 is 0. The zero-order valence-electron chi connectivity index (χ0n) is 23.0. The second-order valence-electron chi connectivity index (χ2n) is 14.9. The molecule has 0 amide bonds. The van der Waals surface area contributed by atoms with Gasteiger partial charge in [0.2, 0.25) is 0 Å². The third-order valence-corrected chi connectivity index (χ3v) is 13.0. The van der Waals surface area contributed by atoms with Crippen LogP contribution in [-0.4, -0.2) is 11.2 Å². The highest BCUT2D eigenvalue weighted by Gasteiger charge is 2.65. The Morgan fingerprint density at radius 2 is 1.53 bits per heavy atom. The minimum atomic E-state index is -0.132. The van der Waals surface area contributed by atoms with Crippen LogP contribution < -0.4 is 0 Å². The summed E-state index contributed by atoms with van der Waals surface area (Å²) in [6.07, 6.45) is 15.6. The Kier molecular flexibility index (Phi) is 6.09. The smallest absolute Gasteiger partial charge is 0.0594 e. The van der Waals surface area contributed by atoms with Crippen LogP contribution in [0.2, 0.25) is 0 Å². The molecule has 9 atom stereocenters. The van der Waals surface area contributed by atoms with Gasteiger partial charge in [-0.1, -0.05) is 67.0 Å². The van der Waals surface area contributed by atoms with Crippen LogP contribution in [0.15, 0.2) is 11.6 Å². The molecular weight excluding hydrogens is 388 g/mol. The van der Waals surface area contributed by atoms with E-state index in [1.54, 1.807) is 5.57 Å². The Morgan fingerprint density at radius 1 is 0.844 bits per heavy atom. The monoisotopic (exact) mass is 442 g/mol. The van der Waals surface area contributed by atoms with E-state index >= 15 is 0 Å². The Labute approximate surface area is 200 Å². The molecule has 0 aliphatic heterocycles. The van der Waals surface area contributed by atoms with E-state index in [4.69, 9.17) is 0 Å². The van der Waals surface area contributed by atoms with Crippen molar-refractivity contribution in [1.29, 1.82) is 0 Å². The van der Waals surface area contributed by atoms with E-state index in [2.05, 4.69) is 68.4 Å². The number of aliphatic hydroxyl groups excluding tert-OH is 1. The number of aliphatic hydroxyl groups is 1. The summed E-state index contributed by atoms with van der Waals surface area (Å²) in [5.41, 5.74) is 3.28. The Morgan fingerprint density at radius 3 is 2.19 bits per heavy atom. The van der Waals surface area contributed by atoms with Crippen molar-refractivity contribution in [3.63, 3.8) is 0 Å². The van der Waals surface area contributed by atoms with E-state index in [0.29, 0.717) is 27.6 Å². The average molecular weight is 443 g/mol. The molecule has 0 aromatic heterocycles. The van der Waals surface area contributed by atoms with Gasteiger partial charge in [-0.05, 0) is 122 Å². The molecule has 184 valence electrons. The van der Waals surface area contributed by atoms with E-state index in [9.17, 15) is 5.11 Å². The third kappa shape index (κ3) is 3.49. The molecule has 1 N–H and O–H groups in total. The summed E-state index contributed by atoms with van der Waals surface area (Å²) in [4.78, 5) is 0. The van der Waals surface area contributed by atoms with Crippen LogP contribution in [0.25, 0.3) is 0 Å². The first kappa shape index (κ1) is 24.8. The first-order valence-corrected chi connectivity index (χ1v) is 14.0. The fraction of sp³-hybridized carbons (Fsp3) is 0.935. The number of fused-ring (bicyclic) bond motifs is 3. The van der Waals surface area contributed by atoms with Gasteiger partial charge in [0.25, 0.3) is 0 Å². The van der Waals surface area contributed by atoms with Crippen LogP contribution in [0.4, 0.5) is 0 Å². The average Bonchev–Trinajstić information content (AvgIpc) is 2.71.